The van der Waals surface area contributed by atoms with E-state index in [1.807, 2.05) is 12.1 Å². The molecule has 0 radical (unpaired) electrons. The first-order chi connectivity index (χ1) is 9.52. The van der Waals surface area contributed by atoms with Crippen molar-refractivity contribution in [2.24, 2.45) is 5.92 Å². The second-order valence-corrected chi connectivity index (χ2v) is 7.40. The highest BCUT2D eigenvalue weighted by atomic mass is 35.5. The summed E-state index contributed by atoms with van der Waals surface area (Å²) in [7, 11) is 0. The number of nitrogens with one attached hydrogen (secondary N) is 1. The van der Waals surface area contributed by atoms with Crippen LogP contribution >= 0.6 is 22.9 Å². The molecule has 2 rings (SSSR count). The minimum Gasteiger partial charge on any atom is -0.376 e. The zero-order chi connectivity index (χ0) is 14.5. The third-order valence-corrected chi connectivity index (χ3v) is 4.90. The van der Waals surface area contributed by atoms with Gasteiger partial charge >= 0.3 is 0 Å². The lowest BCUT2D eigenvalue weighted by Crippen LogP contribution is -2.37. The van der Waals surface area contributed by atoms with Crippen LogP contribution in [0, 0.1) is 5.92 Å². The van der Waals surface area contributed by atoms with Gasteiger partial charge in [0, 0.05) is 17.8 Å². The number of aryl methyl sites for hydroxylation is 1. The second kappa shape index (κ2) is 7.43. The zero-order valence-electron chi connectivity index (χ0n) is 12.0. The van der Waals surface area contributed by atoms with Gasteiger partial charge in [-0.25, -0.2) is 0 Å². The summed E-state index contributed by atoms with van der Waals surface area (Å²) >= 11 is 7.42. The fourth-order valence-corrected chi connectivity index (χ4v) is 3.87. The van der Waals surface area contributed by atoms with Gasteiger partial charge in [-0.1, -0.05) is 11.6 Å². The molecule has 5 heteroatoms. The second-order valence-electron chi connectivity index (χ2n) is 5.60. The monoisotopic (exact) mass is 315 g/mol. The lowest BCUT2D eigenvalue weighted by molar-refractivity contribution is -0.121. The van der Waals surface area contributed by atoms with E-state index in [4.69, 9.17) is 16.3 Å². The molecule has 20 heavy (non-hydrogen) atoms. The van der Waals surface area contributed by atoms with Gasteiger partial charge in [0.05, 0.1) is 16.5 Å². The Kier molecular flexibility index (Phi) is 5.87. The van der Waals surface area contributed by atoms with E-state index < -0.39 is 0 Å². The Morgan fingerprint density at radius 2 is 2.10 bits per heavy atom. The Labute approximate surface area is 129 Å². The van der Waals surface area contributed by atoms with Crippen LogP contribution in [0.5, 0.6) is 0 Å². The van der Waals surface area contributed by atoms with Crippen LogP contribution in [0.25, 0.3) is 0 Å². The molecule has 0 aromatic carbocycles. The highest BCUT2D eigenvalue weighted by Crippen LogP contribution is 2.24. The van der Waals surface area contributed by atoms with E-state index in [-0.39, 0.29) is 5.91 Å². The number of halogens is 1. The average Bonchev–Trinajstić information content (AvgIpc) is 2.79. The molecule has 0 bridgehead atoms. The minimum atomic E-state index is 0.126. The lowest BCUT2D eigenvalue weighted by atomic mass is 9.92. The first kappa shape index (κ1) is 15.8. The number of carbonyl (C=O) groups is 1. The quantitative estimate of drug-likeness (QED) is 0.900. The highest BCUT2D eigenvalue weighted by Gasteiger charge is 2.24. The molecule has 1 amide bonds. The summed E-state index contributed by atoms with van der Waals surface area (Å²) in [6.07, 6.45) is 3.97. The van der Waals surface area contributed by atoms with E-state index in [0.29, 0.717) is 24.5 Å². The molecule has 112 valence electrons. The van der Waals surface area contributed by atoms with E-state index in [1.165, 1.54) is 4.88 Å². The third-order valence-electron chi connectivity index (χ3n) is 3.61. The molecule has 3 nitrogen and oxygen atoms in total. The van der Waals surface area contributed by atoms with Crippen LogP contribution in [0.1, 0.15) is 38.0 Å². The van der Waals surface area contributed by atoms with Crippen molar-refractivity contribution in [3.05, 3.63) is 21.3 Å². The predicted molar refractivity (Wildman–Crippen MR) is 83.4 cm³/mol. The summed E-state index contributed by atoms with van der Waals surface area (Å²) in [6, 6.07) is 3.87. The number of hydrogen-bond donors (Lipinski definition) is 1. The van der Waals surface area contributed by atoms with Crippen molar-refractivity contribution in [3.63, 3.8) is 0 Å². The van der Waals surface area contributed by atoms with Crippen LogP contribution < -0.4 is 5.32 Å². The van der Waals surface area contributed by atoms with E-state index in [1.54, 1.807) is 11.3 Å². The van der Waals surface area contributed by atoms with Gasteiger partial charge in [-0.2, -0.15) is 0 Å². The number of rotatable bonds is 5. The van der Waals surface area contributed by atoms with Crippen molar-refractivity contribution >= 4 is 28.8 Å². The van der Waals surface area contributed by atoms with Crippen LogP contribution in [0.3, 0.4) is 0 Å². The largest absolute Gasteiger partial charge is 0.376 e. The SMILES string of the molecule is C[C@@H]1CC(CNC(=O)CCc2ccc(Cl)s2)C[C@@H](C)O1. The standard InChI is InChI=1S/C15H22ClNO2S/c1-10-7-12(8-11(2)19-10)9-17-15(18)6-4-13-3-5-14(16)20-13/h3,5,10-12H,4,6-9H2,1-2H3,(H,17,18)/t10-,11-/m1/s1. The van der Waals surface area contributed by atoms with E-state index in [9.17, 15) is 4.79 Å². The van der Waals surface area contributed by atoms with Crippen molar-refractivity contribution in [2.45, 2.75) is 51.7 Å². The highest BCUT2D eigenvalue weighted by molar-refractivity contribution is 7.16. The number of thiophene rings is 1. The van der Waals surface area contributed by atoms with Gasteiger partial charge < -0.3 is 10.1 Å². The van der Waals surface area contributed by atoms with Crippen molar-refractivity contribution in [2.75, 3.05) is 6.54 Å². The average molecular weight is 316 g/mol. The molecule has 1 N–H and O–H groups in total. The van der Waals surface area contributed by atoms with Gasteiger partial charge in [-0.15, -0.1) is 11.3 Å². The summed E-state index contributed by atoms with van der Waals surface area (Å²) < 4.78 is 6.49. The molecule has 1 saturated heterocycles. The Morgan fingerprint density at radius 1 is 1.40 bits per heavy atom. The van der Waals surface area contributed by atoms with Crippen LogP contribution in [0.2, 0.25) is 4.34 Å². The van der Waals surface area contributed by atoms with Gasteiger partial charge in [0.1, 0.15) is 0 Å². The van der Waals surface area contributed by atoms with Gasteiger partial charge in [-0.3, -0.25) is 4.79 Å². The van der Waals surface area contributed by atoms with Crippen molar-refractivity contribution in [1.29, 1.82) is 0 Å². The van der Waals surface area contributed by atoms with Crippen LogP contribution in [0.15, 0.2) is 12.1 Å². The minimum absolute atomic E-state index is 0.126. The molecular formula is C15H22ClNO2S. The Hall–Kier alpha value is -0.580. The molecule has 1 fully saturated rings. The van der Waals surface area contributed by atoms with Gasteiger partial charge in [0.2, 0.25) is 5.91 Å². The van der Waals surface area contributed by atoms with Crippen LogP contribution in [-0.4, -0.2) is 24.7 Å². The summed E-state index contributed by atoms with van der Waals surface area (Å²) in [4.78, 5) is 13.0. The molecule has 2 heterocycles. The molecule has 0 unspecified atom stereocenters. The van der Waals surface area contributed by atoms with Gasteiger partial charge in [-0.05, 0) is 51.2 Å². The van der Waals surface area contributed by atoms with Crippen LogP contribution in [-0.2, 0) is 16.0 Å². The maximum absolute atomic E-state index is 11.9. The summed E-state index contributed by atoms with van der Waals surface area (Å²) in [5, 5.41) is 3.05. The molecule has 1 aliphatic heterocycles. The molecule has 1 aromatic rings. The number of ether oxygens (including phenoxy) is 1. The normalized spacial score (nSPS) is 26.4. The van der Waals surface area contributed by atoms with E-state index in [0.717, 1.165) is 30.1 Å². The topological polar surface area (TPSA) is 38.3 Å². The van der Waals surface area contributed by atoms with Gasteiger partial charge in [0.25, 0.3) is 0 Å². The molecule has 2 atom stereocenters. The third kappa shape index (κ3) is 5.08. The Bertz CT molecular complexity index is 439. The van der Waals surface area contributed by atoms with Crippen molar-refractivity contribution < 1.29 is 9.53 Å². The summed E-state index contributed by atoms with van der Waals surface area (Å²) in [5.41, 5.74) is 0. The molecule has 1 aliphatic rings. The smallest absolute Gasteiger partial charge is 0.220 e. The van der Waals surface area contributed by atoms with Crippen LogP contribution in [0.4, 0.5) is 0 Å². The molecular weight excluding hydrogens is 294 g/mol. The van der Waals surface area contributed by atoms with Crippen molar-refractivity contribution in [1.82, 2.24) is 5.32 Å². The molecule has 0 aliphatic carbocycles. The molecule has 0 spiro atoms. The maximum Gasteiger partial charge on any atom is 0.220 e. The summed E-state index contributed by atoms with van der Waals surface area (Å²) in [5.74, 6) is 0.662. The first-order valence-electron chi connectivity index (χ1n) is 7.19. The molecule has 1 aromatic heterocycles. The fraction of sp³-hybridized carbons (Fsp3) is 0.667. The number of hydrogen-bond acceptors (Lipinski definition) is 3. The van der Waals surface area contributed by atoms with Crippen molar-refractivity contribution in [3.8, 4) is 0 Å². The zero-order valence-corrected chi connectivity index (χ0v) is 13.6. The first-order valence-corrected chi connectivity index (χ1v) is 8.38. The van der Waals surface area contributed by atoms with E-state index >= 15 is 0 Å². The van der Waals surface area contributed by atoms with Gasteiger partial charge in [0.15, 0.2) is 0 Å². The van der Waals surface area contributed by atoms with E-state index in [2.05, 4.69) is 19.2 Å². The Morgan fingerprint density at radius 3 is 2.70 bits per heavy atom. The molecule has 0 saturated carbocycles. The number of amides is 1. The number of carbonyl (C=O) groups excluding carboxylic acids is 1. The Balaban J connectivity index is 1.67. The lowest BCUT2D eigenvalue weighted by Gasteiger charge is -2.32. The maximum atomic E-state index is 11.9. The summed E-state index contributed by atoms with van der Waals surface area (Å²) in [6.45, 7) is 4.97. The fourth-order valence-electron chi connectivity index (χ4n) is 2.78. The predicted octanol–water partition coefficient (Wildman–Crippen LogP) is 3.65.